The molecule has 0 amide bonds. The van der Waals surface area contributed by atoms with E-state index in [0.717, 1.165) is 6.04 Å². The molecule has 96 valence electrons. The molecule has 0 saturated carbocycles. The van der Waals surface area contributed by atoms with Crippen molar-refractivity contribution in [1.82, 2.24) is 9.80 Å². The summed E-state index contributed by atoms with van der Waals surface area (Å²) in [6.07, 6.45) is 4.21. The third-order valence-electron chi connectivity index (χ3n) is 3.90. The predicted molar refractivity (Wildman–Crippen MR) is 71.9 cm³/mol. The van der Waals surface area contributed by atoms with Crippen LogP contribution in [-0.2, 0) is 0 Å². The molecule has 0 N–H and O–H groups in total. The van der Waals surface area contributed by atoms with Crippen LogP contribution >= 0.6 is 0 Å². The Morgan fingerprint density at radius 3 is 2.25 bits per heavy atom. The highest BCUT2D eigenvalue weighted by atomic mass is 15.2. The maximum absolute atomic E-state index is 2.67. The van der Waals surface area contributed by atoms with Crippen LogP contribution in [0.1, 0.15) is 53.9 Å². The van der Waals surface area contributed by atoms with Crippen LogP contribution in [0, 0.1) is 0 Å². The van der Waals surface area contributed by atoms with Crippen LogP contribution in [0.2, 0.25) is 0 Å². The summed E-state index contributed by atoms with van der Waals surface area (Å²) in [6, 6.07) is 2.13. The summed E-state index contributed by atoms with van der Waals surface area (Å²) in [7, 11) is 0. The Bertz CT molecular complexity index is 181. The van der Waals surface area contributed by atoms with E-state index in [9.17, 15) is 0 Å². The Labute approximate surface area is 102 Å². The van der Waals surface area contributed by atoms with Crippen molar-refractivity contribution in [1.29, 1.82) is 0 Å². The van der Waals surface area contributed by atoms with Crippen LogP contribution < -0.4 is 0 Å². The Kier molecular flexibility index (Phi) is 5.77. The van der Waals surface area contributed by atoms with E-state index < -0.39 is 0 Å². The molecule has 1 heterocycles. The summed E-state index contributed by atoms with van der Waals surface area (Å²) in [5, 5.41) is 0. The Hall–Kier alpha value is -0.0800. The standard InChI is InChI=1S/C14H30N2/c1-6-15-10-8-7-9-14(15)11-16(12(2)3)13(4)5/h12-14H,6-11H2,1-5H3. The molecule has 0 aromatic carbocycles. The second-order valence-electron chi connectivity index (χ2n) is 5.66. The Morgan fingerprint density at radius 2 is 1.75 bits per heavy atom. The van der Waals surface area contributed by atoms with Crippen molar-refractivity contribution in [3.8, 4) is 0 Å². The first kappa shape index (κ1) is 14.0. The van der Waals surface area contributed by atoms with Gasteiger partial charge in [0.05, 0.1) is 0 Å². The third-order valence-corrected chi connectivity index (χ3v) is 3.90. The summed E-state index contributed by atoms with van der Waals surface area (Å²) < 4.78 is 0. The van der Waals surface area contributed by atoms with E-state index in [1.165, 1.54) is 38.9 Å². The molecule has 1 atom stereocenters. The number of nitrogens with zero attached hydrogens (tertiary/aromatic N) is 2. The van der Waals surface area contributed by atoms with Crippen molar-refractivity contribution in [3.63, 3.8) is 0 Å². The number of piperidine rings is 1. The van der Waals surface area contributed by atoms with Gasteiger partial charge in [0.2, 0.25) is 0 Å². The minimum atomic E-state index is 0.667. The van der Waals surface area contributed by atoms with E-state index in [1.807, 2.05) is 0 Å². The van der Waals surface area contributed by atoms with E-state index in [1.54, 1.807) is 0 Å². The molecule has 0 aromatic rings. The average molecular weight is 226 g/mol. The largest absolute Gasteiger partial charge is 0.299 e. The summed E-state index contributed by atoms with van der Waals surface area (Å²) in [5.41, 5.74) is 0. The summed E-state index contributed by atoms with van der Waals surface area (Å²) >= 11 is 0. The van der Waals surface area contributed by atoms with Crippen LogP contribution in [0.15, 0.2) is 0 Å². The molecular formula is C14H30N2. The van der Waals surface area contributed by atoms with Gasteiger partial charge in [-0.2, -0.15) is 0 Å². The molecule has 0 spiro atoms. The van der Waals surface area contributed by atoms with E-state index in [-0.39, 0.29) is 0 Å². The zero-order valence-electron chi connectivity index (χ0n) is 11.9. The molecule has 1 rings (SSSR count). The first-order valence-electron chi connectivity index (χ1n) is 7.06. The van der Waals surface area contributed by atoms with Crippen molar-refractivity contribution in [3.05, 3.63) is 0 Å². The topological polar surface area (TPSA) is 6.48 Å². The maximum atomic E-state index is 2.67. The number of hydrogen-bond donors (Lipinski definition) is 0. The Morgan fingerprint density at radius 1 is 1.12 bits per heavy atom. The molecule has 1 aliphatic rings. The first-order chi connectivity index (χ1) is 7.56. The Balaban J connectivity index is 2.54. The SMILES string of the molecule is CCN1CCCCC1CN(C(C)C)C(C)C. The van der Waals surface area contributed by atoms with Crippen molar-refractivity contribution in [2.24, 2.45) is 0 Å². The monoisotopic (exact) mass is 226 g/mol. The zero-order chi connectivity index (χ0) is 12.1. The van der Waals surface area contributed by atoms with Gasteiger partial charge in [-0.25, -0.2) is 0 Å². The lowest BCUT2D eigenvalue weighted by Gasteiger charge is -2.41. The number of hydrogen-bond acceptors (Lipinski definition) is 2. The van der Waals surface area contributed by atoms with Crippen LogP contribution in [0.3, 0.4) is 0 Å². The van der Waals surface area contributed by atoms with Crippen molar-refractivity contribution >= 4 is 0 Å². The van der Waals surface area contributed by atoms with Gasteiger partial charge >= 0.3 is 0 Å². The lowest BCUT2D eigenvalue weighted by Crippen LogP contribution is -2.50. The van der Waals surface area contributed by atoms with Crippen LogP contribution in [0.4, 0.5) is 0 Å². The van der Waals surface area contributed by atoms with Gasteiger partial charge < -0.3 is 0 Å². The smallest absolute Gasteiger partial charge is 0.0223 e. The number of rotatable bonds is 5. The van der Waals surface area contributed by atoms with Gasteiger partial charge in [-0.05, 0) is 53.6 Å². The van der Waals surface area contributed by atoms with Gasteiger partial charge in [0.1, 0.15) is 0 Å². The fourth-order valence-electron chi connectivity index (χ4n) is 2.94. The lowest BCUT2D eigenvalue weighted by molar-refractivity contribution is 0.0781. The second-order valence-corrected chi connectivity index (χ2v) is 5.66. The normalized spacial score (nSPS) is 23.6. The zero-order valence-corrected chi connectivity index (χ0v) is 11.9. The van der Waals surface area contributed by atoms with E-state index in [0.29, 0.717) is 12.1 Å². The van der Waals surface area contributed by atoms with Crippen molar-refractivity contribution < 1.29 is 0 Å². The highest BCUT2D eigenvalue weighted by Crippen LogP contribution is 2.19. The van der Waals surface area contributed by atoms with Gasteiger partial charge in [-0.3, -0.25) is 9.80 Å². The molecule has 1 fully saturated rings. The van der Waals surface area contributed by atoms with Gasteiger partial charge in [0, 0.05) is 24.7 Å². The predicted octanol–water partition coefficient (Wildman–Crippen LogP) is 2.98. The highest BCUT2D eigenvalue weighted by Gasteiger charge is 2.25. The van der Waals surface area contributed by atoms with Crippen LogP contribution in [0.5, 0.6) is 0 Å². The quantitative estimate of drug-likeness (QED) is 0.711. The molecule has 1 saturated heterocycles. The third kappa shape index (κ3) is 3.74. The molecule has 0 radical (unpaired) electrons. The minimum absolute atomic E-state index is 0.667. The summed E-state index contributed by atoms with van der Waals surface area (Å²) in [4.78, 5) is 5.31. The molecule has 16 heavy (non-hydrogen) atoms. The van der Waals surface area contributed by atoms with Gasteiger partial charge in [-0.15, -0.1) is 0 Å². The molecule has 0 aromatic heterocycles. The van der Waals surface area contributed by atoms with Gasteiger partial charge in [-0.1, -0.05) is 13.3 Å². The highest BCUT2D eigenvalue weighted by molar-refractivity contribution is 4.81. The number of likely N-dealkylation sites (N-methyl/N-ethyl adjacent to an activating group) is 1. The maximum Gasteiger partial charge on any atom is 0.0223 e. The van der Waals surface area contributed by atoms with E-state index in [4.69, 9.17) is 0 Å². The molecular weight excluding hydrogens is 196 g/mol. The van der Waals surface area contributed by atoms with Gasteiger partial charge in [0.15, 0.2) is 0 Å². The fraction of sp³-hybridized carbons (Fsp3) is 1.00. The molecule has 1 aliphatic heterocycles. The second kappa shape index (κ2) is 6.61. The first-order valence-corrected chi connectivity index (χ1v) is 7.06. The average Bonchev–Trinajstić information content (AvgIpc) is 2.25. The van der Waals surface area contributed by atoms with E-state index in [2.05, 4.69) is 44.4 Å². The molecule has 1 unspecified atom stereocenters. The van der Waals surface area contributed by atoms with Crippen molar-refractivity contribution in [2.45, 2.75) is 72.0 Å². The molecule has 0 aliphatic carbocycles. The van der Waals surface area contributed by atoms with E-state index >= 15 is 0 Å². The van der Waals surface area contributed by atoms with Crippen LogP contribution in [-0.4, -0.2) is 47.6 Å². The molecule has 0 bridgehead atoms. The summed E-state index contributed by atoms with van der Waals surface area (Å²) in [5.74, 6) is 0. The summed E-state index contributed by atoms with van der Waals surface area (Å²) in [6.45, 7) is 15.4. The minimum Gasteiger partial charge on any atom is -0.299 e. The van der Waals surface area contributed by atoms with Crippen LogP contribution in [0.25, 0.3) is 0 Å². The number of likely N-dealkylation sites (tertiary alicyclic amines) is 1. The lowest BCUT2D eigenvalue weighted by atomic mass is 10.0. The van der Waals surface area contributed by atoms with Gasteiger partial charge in [0.25, 0.3) is 0 Å². The molecule has 2 nitrogen and oxygen atoms in total. The molecule has 2 heteroatoms. The fourth-order valence-corrected chi connectivity index (χ4v) is 2.94. The van der Waals surface area contributed by atoms with Crippen molar-refractivity contribution in [2.75, 3.05) is 19.6 Å².